The quantitative estimate of drug-likeness (QED) is 0.778. The summed E-state index contributed by atoms with van der Waals surface area (Å²) in [6.45, 7) is 3.69. The van der Waals surface area contributed by atoms with Crippen LogP contribution < -0.4 is 10.6 Å². The predicted octanol–water partition coefficient (Wildman–Crippen LogP) is 2.22. The van der Waals surface area contributed by atoms with Crippen molar-refractivity contribution >= 4 is 23.7 Å². The highest BCUT2D eigenvalue weighted by molar-refractivity contribution is 8.00. The molecular weight excluding hydrogens is 352 g/mol. The smallest absolute Gasteiger partial charge is 0.321 e. The van der Waals surface area contributed by atoms with E-state index >= 15 is 0 Å². The zero-order valence-corrected chi connectivity index (χ0v) is 15.6. The van der Waals surface area contributed by atoms with Crippen LogP contribution in [0.4, 0.5) is 4.79 Å². The van der Waals surface area contributed by atoms with Crippen molar-refractivity contribution in [3.63, 3.8) is 0 Å². The van der Waals surface area contributed by atoms with E-state index in [2.05, 4.69) is 26.2 Å². The van der Waals surface area contributed by atoms with E-state index in [-0.39, 0.29) is 11.9 Å². The summed E-state index contributed by atoms with van der Waals surface area (Å²) in [5.41, 5.74) is 1.88. The Labute approximate surface area is 156 Å². The highest BCUT2D eigenvalue weighted by Gasteiger charge is 2.23. The fourth-order valence-electron chi connectivity index (χ4n) is 2.92. The number of aromatic nitrogens is 4. The molecule has 0 bridgehead atoms. The van der Waals surface area contributed by atoms with Gasteiger partial charge in [0.05, 0.1) is 10.9 Å². The summed E-state index contributed by atoms with van der Waals surface area (Å²) in [7, 11) is 0. The Morgan fingerprint density at radius 2 is 2.00 bits per heavy atom. The first-order valence-corrected chi connectivity index (χ1v) is 9.55. The number of nitrogens with one attached hydrogen (secondary N) is 2. The summed E-state index contributed by atoms with van der Waals surface area (Å²) >= 11 is 1.21. The molecule has 2 N–H and O–H groups in total. The molecule has 1 aliphatic rings. The van der Waals surface area contributed by atoms with E-state index in [4.69, 9.17) is 0 Å². The van der Waals surface area contributed by atoms with Crippen molar-refractivity contribution in [1.82, 2.24) is 30.8 Å². The Bertz CT molecular complexity index is 787. The van der Waals surface area contributed by atoms with Gasteiger partial charge in [-0.1, -0.05) is 42.8 Å². The fraction of sp³-hybridized carbons (Fsp3) is 0.471. The number of imide groups is 1. The lowest BCUT2D eigenvalue weighted by molar-refractivity contribution is -0.119. The summed E-state index contributed by atoms with van der Waals surface area (Å²) in [5, 5.41) is 17.0. The van der Waals surface area contributed by atoms with E-state index in [0.29, 0.717) is 5.16 Å². The summed E-state index contributed by atoms with van der Waals surface area (Å²) in [4.78, 5) is 24.2. The number of hydrogen-bond acceptors (Lipinski definition) is 6. The molecule has 0 aliphatic heterocycles. The molecular formula is C17H22N6O2S. The van der Waals surface area contributed by atoms with Crippen LogP contribution in [0.15, 0.2) is 29.4 Å². The summed E-state index contributed by atoms with van der Waals surface area (Å²) in [6, 6.07) is 7.45. The van der Waals surface area contributed by atoms with Crippen molar-refractivity contribution in [3.05, 3.63) is 29.8 Å². The monoisotopic (exact) mass is 374 g/mol. The maximum absolute atomic E-state index is 12.3. The van der Waals surface area contributed by atoms with E-state index in [0.717, 1.165) is 36.9 Å². The molecule has 26 heavy (non-hydrogen) atoms. The molecule has 0 saturated heterocycles. The van der Waals surface area contributed by atoms with Gasteiger partial charge in [-0.05, 0) is 48.7 Å². The second-order valence-corrected chi connectivity index (χ2v) is 7.67. The Balaban J connectivity index is 1.60. The van der Waals surface area contributed by atoms with Gasteiger partial charge in [0.1, 0.15) is 0 Å². The van der Waals surface area contributed by atoms with Crippen LogP contribution in [0.25, 0.3) is 5.69 Å². The van der Waals surface area contributed by atoms with Gasteiger partial charge in [-0.25, -0.2) is 4.79 Å². The molecule has 1 fully saturated rings. The number of nitrogens with zero attached hydrogens (tertiary/aromatic N) is 4. The van der Waals surface area contributed by atoms with Gasteiger partial charge >= 0.3 is 6.03 Å². The average molecular weight is 374 g/mol. The molecule has 1 aromatic carbocycles. The minimum atomic E-state index is -0.516. The number of benzene rings is 1. The number of carbonyl (C=O) groups excluding carboxylic acids is 2. The topological polar surface area (TPSA) is 102 Å². The van der Waals surface area contributed by atoms with E-state index in [1.807, 2.05) is 31.2 Å². The third kappa shape index (κ3) is 4.40. The molecule has 1 heterocycles. The number of amides is 3. The zero-order valence-electron chi connectivity index (χ0n) is 14.8. The van der Waals surface area contributed by atoms with Gasteiger partial charge in [-0.15, -0.1) is 5.10 Å². The average Bonchev–Trinajstić information content (AvgIpc) is 3.27. The molecule has 1 atom stereocenters. The molecule has 1 aromatic heterocycles. The number of tetrazole rings is 1. The van der Waals surface area contributed by atoms with Gasteiger partial charge < -0.3 is 5.32 Å². The molecule has 0 spiro atoms. The van der Waals surface area contributed by atoms with Crippen molar-refractivity contribution in [2.75, 3.05) is 0 Å². The van der Waals surface area contributed by atoms with Gasteiger partial charge in [0.15, 0.2) is 0 Å². The fourth-order valence-corrected chi connectivity index (χ4v) is 3.72. The third-order valence-corrected chi connectivity index (χ3v) is 5.40. The Morgan fingerprint density at radius 1 is 1.27 bits per heavy atom. The summed E-state index contributed by atoms with van der Waals surface area (Å²) in [5.74, 6) is -0.371. The molecule has 8 nitrogen and oxygen atoms in total. The van der Waals surface area contributed by atoms with Crippen molar-refractivity contribution < 1.29 is 9.59 Å². The van der Waals surface area contributed by atoms with Gasteiger partial charge in [-0.2, -0.15) is 4.68 Å². The minimum Gasteiger partial charge on any atom is -0.335 e. The van der Waals surface area contributed by atoms with E-state index in [1.165, 1.54) is 11.8 Å². The van der Waals surface area contributed by atoms with Gasteiger partial charge in [0, 0.05) is 6.04 Å². The highest BCUT2D eigenvalue weighted by Crippen LogP contribution is 2.24. The van der Waals surface area contributed by atoms with Crippen molar-refractivity contribution in [3.8, 4) is 5.69 Å². The maximum Gasteiger partial charge on any atom is 0.321 e. The summed E-state index contributed by atoms with van der Waals surface area (Å²) in [6.07, 6.45) is 4.17. The van der Waals surface area contributed by atoms with Crippen molar-refractivity contribution in [2.45, 2.75) is 56.0 Å². The van der Waals surface area contributed by atoms with Crippen LogP contribution >= 0.6 is 11.8 Å². The number of urea groups is 1. The van der Waals surface area contributed by atoms with Crippen LogP contribution in [0, 0.1) is 6.92 Å². The van der Waals surface area contributed by atoms with E-state index in [9.17, 15) is 9.59 Å². The maximum atomic E-state index is 12.3. The molecule has 138 valence electrons. The largest absolute Gasteiger partial charge is 0.335 e. The van der Waals surface area contributed by atoms with Crippen molar-refractivity contribution in [2.24, 2.45) is 0 Å². The SMILES string of the molecule is Cc1ccccc1-n1nnnc1S[C@H](C)C(=O)NC(=O)NC1CCCC1. The van der Waals surface area contributed by atoms with Crippen LogP contribution in [0.2, 0.25) is 0 Å². The van der Waals surface area contributed by atoms with Crippen LogP contribution in [-0.4, -0.2) is 43.4 Å². The molecule has 3 amide bonds. The molecule has 0 radical (unpaired) electrons. The number of carbonyl (C=O) groups is 2. The predicted molar refractivity (Wildman–Crippen MR) is 98.1 cm³/mol. The molecule has 3 rings (SSSR count). The Hall–Kier alpha value is -2.42. The second-order valence-electron chi connectivity index (χ2n) is 6.36. The normalized spacial score (nSPS) is 15.6. The lowest BCUT2D eigenvalue weighted by Crippen LogP contribution is -2.45. The van der Waals surface area contributed by atoms with E-state index in [1.54, 1.807) is 11.6 Å². The Kier molecular flexibility index (Phi) is 5.87. The van der Waals surface area contributed by atoms with Gasteiger partial charge in [-0.3, -0.25) is 10.1 Å². The molecule has 0 unspecified atom stereocenters. The van der Waals surface area contributed by atoms with Crippen molar-refractivity contribution in [1.29, 1.82) is 0 Å². The summed E-state index contributed by atoms with van der Waals surface area (Å²) < 4.78 is 1.60. The first-order valence-electron chi connectivity index (χ1n) is 8.67. The van der Waals surface area contributed by atoms with Gasteiger partial charge in [0.25, 0.3) is 0 Å². The van der Waals surface area contributed by atoms with E-state index < -0.39 is 11.3 Å². The first-order chi connectivity index (χ1) is 12.5. The molecule has 1 saturated carbocycles. The molecule has 2 aromatic rings. The number of para-hydroxylation sites is 1. The number of thioether (sulfide) groups is 1. The number of aryl methyl sites for hydroxylation is 1. The third-order valence-electron chi connectivity index (χ3n) is 4.36. The lowest BCUT2D eigenvalue weighted by atomic mass is 10.2. The van der Waals surface area contributed by atoms with Crippen LogP contribution in [0.3, 0.4) is 0 Å². The minimum absolute atomic E-state index is 0.166. The van der Waals surface area contributed by atoms with Crippen LogP contribution in [0.1, 0.15) is 38.2 Å². The zero-order chi connectivity index (χ0) is 18.5. The highest BCUT2D eigenvalue weighted by atomic mass is 32.2. The molecule has 1 aliphatic carbocycles. The molecule has 9 heteroatoms. The second kappa shape index (κ2) is 8.31. The van der Waals surface area contributed by atoms with Gasteiger partial charge in [0.2, 0.25) is 11.1 Å². The Morgan fingerprint density at radius 3 is 2.73 bits per heavy atom. The number of rotatable bonds is 5. The van der Waals surface area contributed by atoms with Crippen LogP contribution in [0.5, 0.6) is 0 Å². The number of hydrogen-bond donors (Lipinski definition) is 2. The lowest BCUT2D eigenvalue weighted by Gasteiger charge is -2.14. The van der Waals surface area contributed by atoms with Crippen LogP contribution in [-0.2, 0) is 4.79 Å². The standard InChI is InChI=1S/C17H22N6O2S/c1-11-7-3-6-10-14(11)23-17(20-21-22-23)26-12(2)15(24)19-16(25)18-13-8-4-5-9-13/h3,6-7,10,12-13H,4-5,8-9H2,1-2H3,(H2,18,19,24,25)/t12-/m1/s1. The first kappa shape index (κ1) is 18.4.